The van der Waals surface area contributed by atoms with Crippen LogP contribution in [0.3, 0.4) is 0 Å². The molecule has 0 aliphatic rings. The normalized spacial score (nSPS) is 13.0. The Morgan fingerprint density at radius 2 is 1.67 bits per heavy atom. The van der Waals surface area contributed by atoms with Crippen molar-refractivity contribution in [3.05, 3.63) is 0 Å². The van der Waals surface area contributed by atoms with E-state index in [-0.39, 0.29) is 18.4 Å². The van der Waals surface area contributed by atoms with Crippen LogP contribution in [0.25, 0.3) is 0 Å². The van der Waals surface area contributed by atoms with E-state index >= 15 is 0 Å². The lowest BCUT2D eigenvalue weighted by Gasteiger charge is -2.25. The number of hydrogen-bond donors (Lipinski definition) is 3. The van der Waals surface area contributed by atoms with E-state index < -0.39 is 24.0 Å². The zero-order valence-electron chi connectivity index (χ0n) is 12.8. The molecule has 0 aromatic rings. The molecule has 3 N–H and O–H groups in total. The second-order valence-electron chi connectivity index (χ2n) is 4.81. The number of carboxylic acids is 1. The highest BCUT2D eigenvalue weighted by atomic mass is 16.4. The van der Waals surface area contributed by atoms with Crippen molar-refractivity contribution in [2.24, 2.45) is 0 Å². The van der Waals surface area contributed by atoms with E-state index in [1.807, 2.05) is 6.92 Å². The molecular weight excluding hydrogens is 278 g/mol. The highest BCUT2D eigenvalue weighted by molar-refractivity contribution is 5.91. The Morgan fingerprint density at radius 3 is 2.10 bits per heavy atom. The lowest BCUT2D eigenvalue weighted by Crippen LogP contribution is -2.51. The SMILES string of the molecule is CCCN(CC(=O)N[C@@H](C)C(=O)O)C(=O)[C@H](C)NC(C)=O. The second-order valence-corrected chi connectivity index (χ2v) is 4.81. The van der Waals surface area contributed by atoms with E-state index in [1.165, 1.54) is 25.7 Å². The highest BCUT2D eigenvalue weighted by Gasteiger charge is 2.23. The van der Waals surface area contributed by atoms with E-state index in [0.717, 1.165) is 0 Å². The van der Waals surface area contributed by atoms with Crippen molar-refractivity contribution in [3.8, 4) is 0 Å². The summed E-state index contributed by atoms with van der Waals surface area (Å²) in [6.45, 7) is 6.12. The Morgan fingerprint density at radius 1 is 1.10 bits per heavy atom. The maximum absolute atomic E-state index is 12.1. The molecule has 0 fully saturated rings. The predicted octanol–water partition coefficient (Wildman–Crippen LogP) is -0.661. The molecule has 0 spiro atoms. The molecule has 8 heteroatoms. The van der Waals surface area contributed by atoms with Crippen LogP contribution in [0.5, 0.6) is 0 Å². The van der Waals surface area contributed by atoms with Gasteiger partial charge in [-0.3, -0.25) is 19.2 Å². The molecule has 0 rings (SSSR count). The van der Waals surface area contributed by atoms with Crippen molar-refractivity contribution in [2.75, 3.05) is 13.1 Å². The van der Waals surface area contributed by atoms with Gasteiger partial charge < -0.3 is 20.6 Å². The molecule has 0 aromatic heterocycles. The molecule has 21 heavy (non-hydrogen) atoms. The van der Waals surface area contributed by atoms with Crippen molar-refractivity contribution >= 4 is 23.7 Å². The van der Waals surface area contributed by atoms with Gasteiger partial charge in [-0.15, -0.1) is 0 Å². The molecule has 0 aromatic carbocycles. The molecule has 0 radical (unpaired) electrons. The largest absolute Gasteiger partial charge is 0.480 e. The number of hydrogen-bond acceptors (Lipinski definition) is 4. The van der Waals surface area contributed by atoms with Crippen LogP contribution >= 0.6 is 0 Å². The lowest BCUT2D eigenvalue weighted by molar-refractivity contribution is -0.142. The Balaban J connectivity index is 4.67. The molecule has 8 nitrogen and oxygen atoms in total. The fourth-order valence-electron chi connectivity index (χ4n) is 1.70. The van der Waals surface area contributed by atoms with Gasteiger partial charge in [0.15, 0.2) is 0 Å². The molecule has 0 bridgehead atoms. The van der Waals surface area contributed by atoms with Gasteiger partial charge in [0.05, 0.1) is 6.54 Å². The zero-order valence-corrected chi connectivity index (χ0v) is 12.8. The summed E-state index contributed by atoms with van der Waals surface area (Å²) in [6.07, 6.45) is 0.639. The van der Waals surface area contributed by atoms with E-state index in [1.54, 1.807) is 0 Å². The van der Waals surface area contributed by atoms with E-state index in [2.05, 4.69) is 10.6 Å². The van der Waals surface area contributed by atoms with Gasteiger partial charge in [-0.25, -0.2) is 0 Å². The zero-order chi connectivity index (χ0) is 16.6. The van der Waals surface area contributed by atoms with Crippen molar-refractivity contribution in [1.29, 1.82) is 0 Å². The van der Waals surface area contributed by atoms with Gasteiger partial charge in [-0.05, 0) is 20.3 Å². The second kappa shape index (κ2) is 8.93. The molecule has 3 amide bonds. The number of carboxylic acid groups (broad SMARTS) is 1. The van der Waals surface area contributed by atoms with Crippen molar-refractivity contribution in [2.45, 2.75) is 46.2 Å². The Kier molecular flexibility index (Phi) is 8.03. The average Bonchev–Trinajstić information content (AvgIpc) is 2.36. The maximum Gasteiger partial charge on any atom is 0.325 e. The third kappa shape index (κ3) is 7.28. The summed E-state index contributed by atoms with van der Waals surface area (Å²) in [5.74, 6) is -2.42. The summed E-state index contributed by atoms with van der Waals surface area (Å²) in [6, 6.07) is -1.76. The minimum Gasteiger partial charge on any atom is -0.480 e. The van der Waals surface area contributed by atoms with E-state index in [4.69, 9.17) is 5.11 Å². The average molecular weight is 301 g/mol. The number of rotatable bonds is 8. The molecular formula is C13H23N3O5. The summed E-state index contributed by atoms with van der Waals surface area (Å²) < 4.78 is 0. The van der Waals surface area contributed by atoms with Gasteiger partial charge in [0.1, 0.15) is 12.1 Å². The number of aliphatic carboxylic acids is 1. The summed E-state index contributed by atoms with van der Waals surface area (Å²) in [4.78, 5) is 46.8. The molecule has 120 valence electrons. The van der Waals surface area contributed by atoms with Gasteiger partial charge in [0.25, 0.3) is 0 Å². The summed E-state index contributed by atoms with van der Waals surface area (Å²) in [7, 11) is 0. The number of nitrogens with one attached hydrogen (secondary N) is 2. The minimum atomic E-state index is -1.15. The van der Waals surface area contributed by atoms with Gasteiger partial charge in [0.2, 0.25) is 17.7 Å². The Labute approximate surface area is 123 Å². The van der Waals surface area contributed by atoms with Crippen LogP contribution < -0.4 is 10.6 Å². The standard InChI is InChI=1S/C13H23N3O5/c1-5-6-16(12(19)8(2)14-10(4)17)7-11(18)15-9(3)13(20)21/h8-9H,5-7H2,1-4H3,(H,14,17)(H,15,18)(H,20,21)/t8-,9-/m0/s1. The van der Waals surface area contributed by atoms with Crippen LogP contribution in [-0.4, -0.2) is 58.9 Å². The number of carbonyl (C=O) groups excluding carboxylic acids is 3. The topological polar surface area (TPSA) is 116 Å². The third-order valence-electron chi connectivity index (χ3n) is 2.68. The Bertz CT molecular complexity index is 411. The summed E-state index contributed by atoms with van der Waals surface area (Å²) >= 11 is 0. The Hall–Kier alpha value is -2.12. The first kappa shape index (κ1) is 18.9. The lowest BCUT2D eigenvalue weighted by atomic mass is 10.2. The van der Waals surface area contributed by atoms with Crippen LogP contribution in [0.4, 0.5) is 0 Å². The van der Waals surface area contributed by atoms with Gasteiger partial charge in [0, 0.05) is 13.5 Å². The first-order valence-electron chi connectivity index (χ1n) is 6.77. The van der Waals surface area contributed by atoms with E-state index in [9.17, 15) is 19.2 Å². The molecule has 0 saturated heterocycles. The van der Waals surface area contributed by atoms with Crippen LogP contribution in [0, 0.1) is 0 Å². The molecule has 0 saturated carbocycles. The predicted molar refractivity (Wildman–Crippen MR) is 75.4 cm³/mol. The van der Waals surface area contributed by atoms with Crippen LogP contribution in [-0.2, 0) is 19.2 Å². The highest BCUT2D eigenvalue weighted by Crippen LogP contribution is 1.98. The summed E-state index contributed by atoms with van der Waals surface area (Å²) in [5.41, 5.74) is 0. The molecule has 0 aliphatic heterocycles. The quantitative estimate of drug-likeness (QED) is 0.550. The van der Waals surface area contributed by atoms with Crippen LogP contribution in [0.15, 0.2) is 0 Å². The number of nitrogens with zero attached hydrogens (tertiary/aromatic N) is 1. The molecule has 0 heterocycles. The minimum absolute atomic E-state index is 0.242. The van der Waals surface area contributed by atoms with Crippen LogP contribution in [0.1, 0.15) is 34.1 Å². The van der Waals surface area contributed by atoms with Crippen molar-refractivity contribution < 1.29 is 24.3 Å². The number of carbonyl (C=O) groups is 4. The maximum atomic E-state index is 12.1. The summed E-state index contributed by atoms with van der Waals surface area (Å²) in [5, 5.41) is 13.5. The third-order valence-corrected chi connectivity index (χ3v) is 2.68. The van der Waals surface area contributed by atoms with Crippen molar-refractivity contribution in [3.63, 3.8) is 0 Å². The first-order valence-corrected chi connectivity index (χ1v) is 6.77. The fourth-order valence-corrected chi connectivity index (χ4v) is 1.70. The smallest absolute Gasteiger partial charge is 0.325 e. The number of amides is 3. The van der Waals surface area contributed by atoms with Gasteiger partial charge in [-0.2, -0.15) is 0 Å². The fraction of sp³-hybridized carbons (Fsp3) is 0.692. The molecule has 0 aliphatic carbocycles. The molecule has 0 unspecified atom stereocenters. The monoisotopic (exact) mass is 301 g/mol. The van der Waals surface area contributed by atoms with E-state index in [0.29, 0.717) is 13.0 Å². The van der Waals surface area contributed by atoms with Crippen LogP contribution in [0.2, 0.25) is 0 Å². The molecule has 2 atom stereocenters. The van der Waals surface area contributed by atoms with Crippen molar-refractivity contribution in [1.82, 2.24) is 15.5 Å². The van der Waals surface area contributed by atoms with Gasteiger partial charge >= 0.3 is 5.97 Å². The van der Waals surface area contributed by atoms with Gasteiger partial charge in [-0.1, -0.05) is 6.92 Å². The first-order chi connectivity index (χ1) is 9.68.